The SMILES string of the molecule is O=C1NC(=O)c2c1c1c3cc(F)c(F)cc3[nH]c1c1c2c2cc(F)c(F)cc2n1C1OC(CO)CC(OCc2ccccc2)C1OCc1ccccc1. The number of aliphatic hydroxyl groups is 1. The van der Waals surface area contributed by atoms with Gasteiger partial charge in [0.15, 0.2) is 29.5 Å². The zero-order chi connectivity index (χ0) is 36.5. The second-order valence-corrected chi connectivity index (χ2v) is 13.3. The molecule has 3 N–H and O–H groups in total. The summed E-state index contributed by atoms with van der Waals surface area (Å²) >= 11 is 0. The number of carbonyl (C=O) groups excluding carboxylic acids is 2. The molecule has 13 heteroatoms. The average Bonchev–Trinajstić information content (AvgIpc) is 3.78. The molecule has 268 valence electrons. The Morgan fingerprint density at radius 1 is 0.755 bits per heavy atom. The van der Waals surface area contributed by atoms with Gasteiger partial charge in [-0.2, -0.15) is 0 Å². The number of hydrogen-bond acceptors (Lipinski definition) is 6. The zero-order valence-corrected chi connectivity index (χ0v) is 27.7. The first-order chi connectivity index (χ1) is 25.7. The molecular weight excluding hydrogens is 694 g/mol. The number of nitrogens with zero attached hydrogens (tertiary/aromatic N) is 1. The van der Waals surface area contributed by atoms with Gasteiger partial charge < -0.3 is 28.9 Å². The van der Waals surface area contributed by atoms with E-state index in [-0.39, 0.29) is 74.4 Å². The number of imide groups is 1. The van der Waals surface area contributed by atoms with E-state index < -0.39 is 66.2 Å². The molecule has 9 nitrogen and oxygen atoms in total. The van der Waals surface area contributed by atoms with Gasteiger partial charge in [-0.3, -0.25) is 14.9 Å². The number of H-pyrrole nitrogens is 1. The summed E-state index contributed by atoms with van der Waals surface area (Å²) in [6, 6.07) is 22.5. The summed E-state index contributed by atoms with van der Waals surface area (Å²) in [5.41, 5.74) is 1.89. The van der Waals surface area contributed by atoms with Gasteiger partial charge >= 0.3 is 0 Å². The van der Waals surface area contributed by atoms with E-state index >= 15 is 8.78 Å². The molecule has 4 atom stereocenters. The van der Waals surface area contributed by atoms with E-state index in [0.29, 0.717) is 0 Å². The van der Waals surface area contributed by atoms with Crippen LogP contribution in [0.5, 0.6) is 0 Å². The van der Waals surface area contributed by atoms with E-state index in [0.717, 1.165) is 35.4 Å². The highest BCUT2D eigenvalue weighted by Gasteiger charge is 2.44. The topological polar surface area (TPSA) is 115 Å². The fourth-order valence-corrected chi connectivity index (χ4v) is 7.75. The van der Waals surface area contributed by atoms with Gasteiger partial charge in [-0.05, 0) is 23.3 Å². The predicted molar refractivity (Wildman–Crippen MR) is 186 cm³/mol. The normalized spacial score (nSPS) is 20.2. The molecule has 2 amide bonds. The van der Waals surface area contributed by atoms with Crippen LogP contribution in [0.15, 0.2) is 84.9 Å². The maximum Gasteiger partial charge on any atom is 0.259 e. The van der Waals surface area contributed by atoms with E-state index in [1.54, 1.807) is 0 Å². The summed E-state index contributed by atoms with van der Waals surface area (Å²) in [5.74, 6) is -6.36. The fraction of sp³-hybridized carbons (Fsp3) is 0.200. The lowest BCUT2D eigenvalue weighted by Gasteiger charge is -2.42. The summed E-state index contributed by atoms with van der Waals surface area (Å²) < 4.78 is 81.2. The van der Waals surface area contributed by atoms with E-state index in [1.165, 1.54) is 4.57 Å². The molecule has 0 aliphatic carbocycles. The number of rotatable bonds is 8. The van der Waals surface area contributed by atoms with Gasteiger partial charge in [0.2, 0.25) is 0 Å². The van der Waals surface area contributed by atoms with Crippen molar-refractivity contribution in [3.05, 3.63) is 130 Å². The second kappa shape index (κ2) is 12.8. The Bertz CT molecular complexity index is 2610. The van der Waals surface area contributed by atoms with Gasteiger partial charge in [0.1, 0.15) is 6.10 Å². The van der Waals surface area contributed by atoms with E-state index in [9.17, 15) is 23.5 Å². The number of ether oxygens (including phenoxy) is 3. The van der Waals surface area contributed by atoms with Crippen LogP contribution in [0.1, 0.15) is 44.5 Å². The molecule has 0 bridgehead atoms. The monoisotopic (exact) mass is 723 g/mol. The minimum absolute atomic E-state index is 0.0653. The highest BCUT2D eigenvalue weighted by Crippen LogP contribution is 2.47. The lowest BCUT2D eigenvalue weighted by molar-refractivity contribution is -0.235. The van der Waals surface area contributed by atoms with Crippen LogP contribution in [0.3, 0.4) is 0 Å². The summed E-state index contributed by atoms with van der Waals surface area (Å²) in [6.07, 6.45) is -3.54. The van der Waals surface area contributed by atoms with E-state index in [4.69, 9.17) is 14.2 Å². The number of fused-ring (bicyclic) bond motifs is 10. The standard InChI is InChI=1S/C40H29F4N3O6/c41-24-12-22-28(14-26(24)43)45-35-31(22)33-34(39(50)46-38(33)49)32-23-13-25(42)27(44)15-29(23)47(36(32)35)40-37(52-18-20-9-5-2-6-10-20)30(11-21(16-48)53-40)51-17-19-7-3-1-4-8-19/h1-10,12-15,21,30,37,40,45,48H,11,16-18H2,(H,46,49,50). The fourth-order valence-electron chi connectivity index (χ4n) is 7.75. The van der Waals surface area contributed by atoms with Crippen molar-refractivity contribution in [3.8, 4) is 0 Å². The number of amides is 2. The third-order valence-electron chi connectivity index (χ3n) is 10.1. The number of aromatic nitrogens is 2. The minimum atomic E-state index is -1.23. The summed E-state index contributed by atoms with van der Waals surface area (Å²) in [6.45, 7) is -0.166. The predicted octanol–water partition coefficient (Wildman–Crippen LogP) is 7.32. The summed E-state index contributed by atoms with van der Waals surface area (Å²) in [7, 11) is 0. The number of aromatic amines is 1. The Morgan fingerprint density at radius 2 is 1.34 bits per heavy atom. The molecule has 0 radical (unpaired) electrons. The molecule has 7 aromatic rings. The number of nitrogens with one attached hydrogen (secondary N) is 2. The van der Waals surface area contributed by atoms with E-state index in [2.05, 4.69) is 10.3 Å². The molecular formula is C40H29F4N3O6. The quantitative estimate of drug-likeness (QED) is 0.112. The molecule has 2 aliphatic heterocycles. The third kappa shape index (κ3) is 5.38. The van der Waals surface area contributed by atoms with Crippen molar-refractivity contribution >= 4 is 55.4 Å². The largest absolute Gasteiger partial charge is 0.394 e. The average molecular weight is 724 g/mol. The smallest absolute Gasteiger partial charge is 0.259 e. The molecule has 5 aromatic carbocycles. The van der Waals surface area contributed by atoms with E-state index in [1.807, 2.05) is 60.7 Å². The van der Waals surface area contributed by atoms with Crippen LogP contribution < -0.4 is 5.32 Å². The maximum absolute atomic E-state index is 15.4. The number of carbonyl (C=O) groups is 2. The molecule has 0 spiro atoms. The molecule has 4 unspecified atom stereocenters. The van der Waals surface area contributed by atoms with Crippen LogP contribution in [-0.2, 0) is 27.4 Å². The Morgan fingerprint density at radius 3 is 2.00 bits per heavy atom. The van der Waals surface area contributed by atoms with Crippen LogP contribution in [0.25, 0.3) is 43.6 Å². The Balaban J connectivity index is 1.35. The number of hydrogen-bond donors (Lipinski definition) is 3. The van der Waals surface area contributed by atoms with Crippen LogP contribution in [-0.4, -0.2) is 51.4 Å². The first kappa shape index (κ1) is 33.3. The lowest BCUT2D eigenvalue weighted by Crippen LogP contribution is -2.49. The molecule has 4 heterocycles. The van der Waals surface area contributed by atoms with Crippen molar-refractivity contribution in [1.29, 1.82) is 0 Å². The molecule has 2 aliphatic rings. The minimum Gasteiger partial charge on any atom is -0.394 e. The molecule has 1 fully saturated rings. The van der Waals surface area contributed by atoms with Crippen molar-refractivity contribution < 1.29 is 46.5 Å². The molecule has 1 saturated heterocycles. The molecule has 2 aromatic heterocycles. The van der Waals surface area contributed by atoms with Crippen molar-refractivity contribution in [2.75, 3.05) is 6.61 Å². The zero-order valence-electron chi connectivity index (χ0n) is 27.7. The van der Waals surface area contributed by atoms with Gasteiger partial charge in [-0.1, -0.05) is 60.7 Å². The Kier molecular flexibility index (Phi) is 8.04. The number of aliphatic hydroxyl groups excluding tert-OH is 1. The van der Waals surface area contributed by atoms with Gasteiger partial charge in [0, 0.05) is 45.6 Å². The van der Waals surface area contributed by atoms with Gasteiger partial charge in [0.05, 0.1) is 59.7 Å². The van der Waals surface area contributed by atoms with Crippen LogP contribution >= 0.6 is 0 Å². The molecule has 0 saturated carbocycles. The van der Waals surface area contributed by atoms with Gasteiger partial charge in [0.25, 0.3) is 11.8 Å². The van der Waals surface area contributed by atoms with Gasteiger partial charge in [-0.25, -0.2) is 17.6 Å². The van der Waals surface area contributed by atoms with Crippen molar-refractivity contribution in [1.82, 2.24) is 14.9 Å². The third-order valence-corrected chi connectivity index (χ3v) is 10.1. The van der Waals surface area contributed by atoms with Crippen molar-refractivity contribution in [3.63, 3.8) is 0 Å². The van der Waals surface area contributed by atoms with Crippen molar-refractivity contribution in [2.24, 2.45) is 0 Å². The maximum atomic E-state index is 15.4. The first-order valence-corrected chi connectivity index (χ1v) is 16.9. The molecule has 9 rings (SSSR count). The molecule has 53 heavy (non-hydrogen) atoms. The Labute approximate surface area is 297 Å². The number of benzene rings is 5. The summed E-state index contributed by atoms with van der Waals surface area (Å²) in [5, 5.41) is 13.1. The Hall–Kier alpha value is -5.60. The van der Waals surface area contributed by atoms with Crippen LogP contribution in [0, 0.1) is 23.3 Å². The second-order valence-electron chi connectivity index (χ2n) is 13.3. The van der Waals surface area contributed by atoms with Crippen molar-refractivity contribution in [2.45, 2.75) is 44.2 Å². The van der Waals surface area contributed by atoms with Crippen LogP contribution in [0.4, 0.5) is 17.6 Å². The first-order valence-electron chi connectivity index (χ1n) is 16.9. The number of halogens is 4. The lowest BCUT2D eigenvalue weighted by atomic mass is 9.96. The van der Waals surface area contributed by atoms with Gasteiger partial charge in [-0.15, -0.1) is 0 Å². The van der Waals surface area contributed by atoms with Crippen LogP contribution in [0.2, 0.25) is 0 Å². The highest BCUT2D eigenvalue weighted by molar-refractivity contribution is 6.39. The highest BCUT2D eigenvalue weighted by atomic mass is 19.2. The summed E-state index contributed by atoms with van der Waals surface area (Å²) in [4.78, 5) is 30.2.